The van der Waals surface area contributed by atoms with E-state index in [0.29, 0.717) is 5.56 Å². The molecular formula is C19H18F4N2O2. The van der Waals surface area contributed by atoms with E-state index in [1.807, 2.05) is 0 Å². The van der Waals surface area contributed by atoms with Gasteiger partial charge in [-0.1, -0.05) is 19.1 Å². The largest absolute Gasteiger partial charge is 0.473 e. The van der Waals surface area contributed by atoms with Crippen LogP contribution in [0.4, 0.5) is 17.6 Å². The number of aromatic nitrogens is 1. The number of nitrogens with zero attached hydrogens (tertiary/aromatic N) is 1. The van der Waals surface area contributed by atoms with Crippen LogP contribution in [0.15, 0.2) is 42.6 Å². The van der Waals surface area contributed by atoms with Crippen molar-refractivity contribution >= 4 is 5.91 Å². The first-order valence-corrected chi connectivity index (χ1v) is 8.37. The maximum absolute atomic E-state index is 13.1. The summed E-state index contributed by atoms with van der Waals surface area (Å²) in [6, 6.07) is 8.40. The first-order valence-electron chi connectivity index (χ1n) is 8.37. The molecule has 0 saturated heterocycles. The third-order valence-electron chi connectivity index (χ3n) is 4.69. The maximum Gasteiger partial charge on any atom is 0.394 e. The number of halogens is 4. The van der Waals surface area contributed by atoms with E-state index in [-0.39, 0.29) is 36.7 Å². The highest BCUT2D eigenvalue weighted by Gasteiger charge is 2.58. The van der Waals surface area contributed by atoms with E-state index >= 15 is 0 Å². The van der Waals surface area contributed by atoms with Crippen LogP contribution in [0.3, 0.4) is 0 Å². The molecule has 0 spiro atoms. The van der Waals surface area contributed by atoms with Gasteiger partial charge in [0.2, 0.25) is 5.88 Å². The highest BCUT2D eigenvalue weighted by atomic mass is 19.4. The van der Waals surface area contributed by atoms with Gasteiger partial charge >= 0.3 is 6.18 Å². The van der Waals surface area contributed by atoms with E-state index in [4.69, 9.17) is 4.74 Å². The molecular weight excluding hydrogens is 364 g/mol. The van der Waals surface area contributed by atoms with Crippen molar-refractivity contribution in [3.63, 3.8) is 0 Å². The van der Waals surface area contributed by atoms with Gasteiger partial charge in [-0.15, -0.1) is 0 Å². The van der Waals surface area contributed by atoms with Crippen molar-refractivity contribution in [1.82, 2.24) is 10.3 Å². The molecule has 0 bridgehead atoms. The van der Waals surface area contributed by atoms with Gasteiger partial charge in [-0.25, -0.2) is 9.37 Å². The number of ether oxygens (including phenoxy) is 1. The standard InChI is InChI=1S/C19H18F4N2O2/c1-18(19(21,22)23)8-15(9-18)25-17(26)13-5-6-16(24-10-13)27-11-12-3-2-4-14(20)7-12/h2-7,10,15H,8-9,11H2,1H3,(H,25,26). The van der Waals surface area contributed by atoms with Crippen LogP contribution in [0, 0.1) is 11.2 Å². The van der Waals surface area contributed by atoms with Gasteiger partial charge in [0.05, 0.1) is 11.0 Å². The van der Waals surface area contributed by atoms with Gasteiger partial charge in [0, 0.05) is 18.3 Å². The fourth-order valence-corrected chi connectivity index (χ4v) is 3.01. The first-order chi connectivity index (χ1) is 12.7. The number of benzene rings is 1. The molecule has 1 heterocycles. The Labute approximate surface area is 153 Å². The van der Waals surface area contributed by atoms with Crippen molar-refractivity contribution in [2.45, 2.75) is 38.6 Å². The molecule has 144 valence electrons. The zero-order valence-electron chi connectivity index (χ0n) is 14.5. The van der Waals surface area contributed by atoms with Crippen LogP contribution in [0.25, 0.3) is 0 Å². The molecule has 1 aliphatic carbocycles. The molecule has 1 N–H and O–H groups in total. The van der Waals surface area contributed by atoms with Gasteiger partial charge in [0.1, 0.15) is 12.4 Å². The molecule has 8 heteroatoms. The molecule has 0 radical (unpaired) electrons. The van der Waals surface area contributed by atoms with Crippen molar-refractivity contribution in [2.75, 3.05) is 0 Å². The number of hydrogen-bond acceptors (Lipinski definition) is 3. The summed E-state index contributed by atoms with van der Waals surface area (Å²) in [5.74, 6) is -0.591. The Balaban J connectivity index is 1.51. The molecule has 1 aromatic carbocycles. The van der Waals surface area contributed by atoms with Crippen LogP contribution >= 0.6 is 0 Å². The second kappa shape index (κ2) is 7.17. The summed E-state index contributed by atoms with van der Waals surface area (Å²) >= 11 is 0. The molecule has 0 aliphatic heterocycles. The maximum atomic E-state index is 13.1. The summed E-state index contributed by atoms with van der Waals surface area (Å²) < 4.78 is 57.0. The lowest BCUT2D eigenvalue weighted by atomic mass is 9.66. The number of amides is 1. The summed E-state index contributed by atoms with van der Waals surface area (Å²) in [7, 11) is 0. The highest BCUT2D eigenvalue weighted by molar-refractivity contribution is 5.94. The Hall–Kier alpha value is -2.64. The molecule has 2 aromatic rings. The minimum atomic E-state index is -4.27. The van der Waals surface area contributed by atoms with Gasteiger partial charge in [0.25, 0.3) is 5.91 Å². The Morgan fingerprint density at radius 3 is 2.63 bits per heavy atom. The zero-order chi connectivity index (χ0) is 19.7. The first kappa shape index (κ1) is 19.1. The van der Waals surface area contributed by atoms with Crippen molar-refractivity contribution in [1.29, 1.82) is 0 Å². The lowest BCUT2D eigenvalue weighted by Gasteiger charge is -2.46. The van der Waals surface area contributed by atoms with Crippen LogP contribution < -0.4 is 10.1 Å². The molecule has 0 unspecified atom stereocenters. The Morgan fingerprint density at radius 2 is 2.04 bits per heavy atom. The predicted octanol–water partition coefficient (Wildman–Crippen LogP) is 4.26. The lowest BCUT2D eigenvalue weighted by Crippen LogP contribution is -2.55. The van der Waals surface area contributed by atoms with Crippen molar-refractivity contribution in [3.05, 3.63) is 59.5 Å². The summed E-state index contributed by atoms with van der Waals surface area (Å²) in [5.41, 5.74) is -0.873. The molecule has 1 saturated carbocycles. The Morgan fingerprint density at radius 1 is 1.30 bits per heavy atom. The summed E-state index contributed by atoms with van der Waals surface area (Å²) in [6.07, 6.45) is -3.25. The van der Waals surface area contributed by atoms with Crippen LogP contribution in [0.5, 0.6) is 5.88 Å². The third kappa shape index (κ3) is 4.37. The van der Waals surface area contributed by atoms with Crippen LogP contribution in [-0.4, -0.2) is 23.1 Å². The number of rotatable bonds is 5. The topological polar surface area (TPSA) is 51.2 Å². The average molecular weight is 382 g/mol. The average Bonchev–Trinajstić information content (AvgIpc) is 2.58. The number of pyridine rings is 1. The number of carbonyl (C=O) groups excluding carboxylic acids is 1. The lowest BCUT2D eigenvalue weighted by molar-refractivity contribution is -0.248. The van der Waals surface area contributed by atoms with E-state index in [2.05, 4.69) is 10.3 Å². The molecule has 1 amide bonds. The normalized spacial score (nSPS) is 22.0. The molecule has 4 nitrogen and oxygen atoms in total. The minimum Gasteiger partial charge on any atom is -0.473 e. The van der Waals surface area contributed by atoms with E-state index < -0.39 is 23.5 Å². The minimum absolute atomic E-state index is 0.119. The van der Waals surface area contributed by atoms with E-state index in [1.165, 1.54) is 30.5 Å². The molecule has 3 rings (SSSR count). The van der Waals surface area contributed by atoms with Crippen molar-refractivity contribution in [3.8, 4) is 5.88 Å². The van der Waals surface area contributed by atoms with Crippen LogP contribution in [0.2, 0.25) is 0 Å². The highest BCUT2D eigenvalue weighted by Crippen LogP contribution is 2.52. The summed E-state index contributed by atoms with van der Waals surface area (Å²) in [6.45, 7) is 1.27. The van der Waals surface area contributed by atoms with Crippen LogP contribution in [-0.2, 0) is 6.61 Å². The van der Waals surface area contributed by atoms with Crippen molar-refractivity contribution in [2.24, 2.45) is 5.41 Å². The SMILES string of the molecule is CC1(C(F)(F)F)CC(NC(=O)c2ccc(OCc3cccc(F)c3)nc2)C1. The molecule has 1 aliphatic rings. The third-order valence-corrected chi connectivity index (χ3v) is 4.69. The Kier molecular flexibility index (Phi) is 5.08. The smallest absolute Gasteiger partial charge is 0.394 e. The van der Waals surface area contributed by atoms with E-state index in [9.17, 15) is 22.4 Å². The predicted molar refractivity (Wildman–Crippen MR) is 89.6 cm³/mol. The Bertz CT molecular complexity index is 815. The summed E-state index contributed by atoms with van der Waals surface area (Å²) in [5, 5.41) is 2.58. The number of nitrogens with one attached hydrogen (secondary N) is 1. The van der Waals surface area contributed by atoms with Gasteiger partial charge in [0.15, 0.2) is 0 Å². The number of hydrogen-bond donors (Lipinski definition) is 1. The quantitative estimate of drug-likeness (QED) is 0.786. The second-order valence-corrected chi connectivity index (χ2v) is 6.94. The number of alkyl halides is 3. The van der Waals surface area contributed by atoms with E-state index in [0.717, 1.165) is 6.92 Å². The van der Waals surface area contributed by atoms with Gasteiger partial charge < -0.3 is 10.1 Å². The molecule has 27 heavy (non-hydrogen) atoms. The fourth-order valence-electron chi connectivity index (χ4n) is 3.01. The monoisotopic (exact) mass is 382 g/mol. The number of carbonyl (C=O) groups is 1. The summed E-state index contributed by atoms with van der Waals surface area (Å²) in [4.78, 5) is 16.1. The van der Waals surface area contributed by atoms with Crippen LogP contribution in [0.1, 0.15) is 35.7 Å². The molecule has 0 atom stereocenters. The van der Waals surface area contributed by atoms with Gasteiger partial charge in [-0.3, -0.25) is 4.79 Å². The van der Waals surface area contributed by atoms with Gasteiger partial charge in [-0.05, 0) is 36.6 Å². The zero-order valence-corrected chi connectivity index (χ0v) is 14.5. The molecule has 1 aromatic heterocycles. The van der Waals surface area contributed by atoms with E-state index in [1.54, 1.807) is 12.1 Å². The second-order valence-electron chi connectivity index (χ2n) is 6.94. The van der Waals surface area contributed by atoms with Crippen molar-refractivity contribution < 1.29 is 27.1 Å². The fraction of sp³-hybridized carbons (Fsp3) is 0.368. The molecule has 1 fully saturated rings. The van der Waals surface area contributed by atoms with Gasteiger partial charge in [-0.2, -0.15) is 13.2 Å².